The van der Waals surface area contributed by atoms with Gasteiger partial charge < -0.3 is 14.8 Å². The van der Waals surface area contributed by atoms with Crippen molar-refractivity contribution in [1.29, 1.82) is 0 Å². The Morgan fingerprint density at radius 2 is 1.93 bits per heavy atom. The van der Waals surface area contributed by atoms with E-state index in [1.807, 2.05) is 18.2 Å². The van der Waals surface area contributed by atoms with Gasteiger partial charge in [-0.25, -0.2) is 4.98 Å². The highest BCUT2D eigenvalue weighted by atomic mass is 32.1. The Bertz CT molecular complexity index is 432. The van der Waals surface area contributed by atoms with Crippen LogP contribution in [0, 0.1) is 0 Å². The minimum absolute atomic E-state index is 0.362. The zero-order chi connectivity index (χ0) is 10.7. The summed E-state index contributed by atoms with van der Waals surface area (Å²) in [5.41, 5.74) is 0. The third-order valence-electron chi connectivity index (χ3n) is 1.71. The molecule has 2 aromatic rings. The van der Waals surface area contributed by atoms with Crippen LogP contribution in [-0.4, -0.2) is 22.2 Å². The molecular formula is C9H8BNO3S. The fourth-order valence-corrected chi connectivity index (χ4v) is 1.68. The van der Waals surface area contributed by atoms with Gasteiger partial charge in [0.15, 0.2) is 0 Å². The Kier molecular flexibility index (Phi) is 3.01. The van der Waals surface area contributed by atoms with E-state index in [9.17, 15) is 0 Å². The van der Waals surface area contributed by atoms with Crippen molar-refractivity contribution in [3.05, 3.63) is 36.5 Å². The molecule has 1 aromatic heterocycles. The van der Waals surface area contributed by atoms with Gasteiger partial charge in [0.05, 0.1) is 4.78 Å². The lowest BCUT2D eigenvalue weighted by Gasteiger charge is -1.99. The largest absolute Gasteiger partial charge is 0.500 e. The summed E-state index contributed by atoms with van der Waals surface area (Å²) in [6.45, 7) is 0. The maximum absolute atomic E-state index is 8.87. The number of aromatic nitrogens is 1. The van der Waals surface area contributed by atoms with Gasteiger partial charge in [0, 0.05) is 6.20 Å². The second-order valence-electron chi connectivity index (χ2n) is 2.82. The summed E-state index contributed by atoms with van der Waals surface area (Å²) in [7, 11) is -1.49. The first-order chi connectivity index (χ1) is 7.25. The van der Waals surface area contributed by atoms with E-state index in [2.05, 4.69) is 4.98 Å². The number of hydrogen-bond acceptors (Lipinski definition) is 5. The topological polar surface area (TPSA) is 62.6 Å². The van der Waals surface area contributed by atoms with E-state index in [-0.39, 0.29) is 0 Å². The van der Waals surface area contributed by atoms with E-state index >= 15 is 0 Å². The van der Waals surface area contributed by atoms with Crippen LogP contribution in [0.4, 0.5) is 0 Å². The summed E-state index contributed by atoms with van der Waals surface area (Å²) in [4.78, 5) is 3.91. The van der Waals surface area contributed by atoms with Crippen molar-refractivity contribution in [2.75, 3.05) is 0 Å². The third kappa shape index (κ3) is 2.56. The molecule has 0 aliphatic heterocycles. The molecule has 2 rings (SSSR count). The Morgan fingerprint density at radius 3 is 2.53 bits per heavy atom. The first kappa shape index (κ1) is 10.2. The smallest absolute Gasteiger partial charge is 0.431 e. The normalized spacial score (nSPS) is 10.0. The second kappa shape index (κ2) is 4.44. The highest BCUT2D eigenvalue weighted by Gasteiger charge is 2.15. The van der Waals surface area contributed by atoms with Crippen molar-refractivity contribution >= 4 is 23.2 Å². The van der Waals surface area contributed by atoms with Crippen molar-refractivity contribution in [2.45, 2.75) is 0 Å². The van der Waals surface area contributed by atoms with Crippen LogP contribution < -0.4 is 9.51 Å². The maximum atomic E-state index is 8.87. The zero-order valence-corrected chi connectivity index (χ0v) is 8.52. The summed E-state index contributed by atoms with van der Waals surface area (Å²) < 4.78 is 5.76. The molecule has 0 saturated carbocycles. The molecule has 0 spiro atoms. The van der Waals surface area contributed by atoms with Crippen molar-refractivity contribution in [3.8, 4) is 10.9 Å². The van der Waals surface area contributed by atoms with Gasteiger partial charge in [-0.2, -0.15) is 0 Å². The van der Waals surface area contributed by atoms with Gasteiger partial charge in [-0.15, -0.1) is 0 Å². The standard InChI is InChI=1S/C9H8BNO3S/c12-10(13)8-6-11-9(15-8)14-7-4-2-1-3-5-7/h1-6,12-13H. The van der Waals surface area contributed by atoms with Crippen LogP contribution in [0.1, 0.15) is 0 Å². The fraction of sp³-hybridized carbons (Fsp3) is 0. The predicted molar refractivity (Wildman–Crippen MR) is 58.5 cm³/mol. The molecule has 0 radical (unpaired) electrons. The van der Waals surface area contributed by atoms with Gasteiger partial charge in [0.1, 0.15) is 5.75 Å². The quantitative estimate of drug-likeness (QED) is 0.745. The average molecular weight is 221 g/mol. The number of ether oxygens (including phenoxy) is 1. The minimum Gasteiger partial charge on any atom is -0.431 e. The third-order valence-corrected chi connectivity index (χ3v) is 2.62. The second-order valence-corrected chi connectivity index (χ2v) is 3.84. The van der Waals surface area contributed by atoms with E-state index in [0.29, 0.717) is 15.7 Å². The monoisotopic (exact) mass is 221 g/mol. The molecule has 0 fully saturated rings. The highest BCUT2D eigenvalue weighted by Crippen LogP contribution is 2.21. The summed E-state index contributed by atoms with van der Waals surface area (Å²) in [6.07, 6.45) is 1.38. The molecule has 4 nitrogen and oxygen atoms in total. The lowest BCUT2D eigenvalue weighted by molar-refractivity contribution is 0.427. The summed E-state index contributed by atoms with van der Waals surface area (Å²) in [5.74, 6) is 0.672. The van der Waals surface area contributed by atoms with Crippen LogP contribution in [0.2, 0.25) is 0 Å². The Morgan fingerprint density at radius 1 is 1.20 bits per heavy atom. The van der Waals surface area contributed by atoms with Crippen LogP contribution >= 0.6 is 11.3 Å². The molecule has 0 amide bonds. The summed E-state index contributed by atoms with van der Waals surface area (Å²) >= 11 is 1.10. The lowest BCUT2D eigenvalue weighted by atomic mass is 9.91. The Balaban J connectivity index is 2.12. The minimum atomic E-state index is -1.49. The zero-order valence-electron chi connectivity index (χ0n) is 7.70. The van der Waals surface area contributed by atoms with Crippen molar-refractivity contribution < 1.29 is 14.8 Å². The number of rotatable bonds is 3. The molecule has 76 valence electrons. The van der Waals surface area contributed by atoms with Gasteiger partial charge in [0.2, 0.25) is 0 Å². The molecule has 0 aliphatic rings. The maximum Gasteiger partial charge on any atom is 0.500 e. The van der Waals surface area contributed by atoms with Gasteiger partial charge in [-0.05, 0) is 12.1 Å². The van der Waals surface area contributed by atoms with Crippen molar-refractivity contribution in [3.63, 3.8) is 0 Å². The molecule has 1 heterocycles. The van der Waals surface area contributed by atoms with Crippen molar-refractivity contribution in [1.82, 2.24) is 4.98 Å². The molecular weight excluding hydrogens is 213 g/mol. The Hall–Kier alpha value is -1.37. The first-order valence-corrected chi connectivity index (χ1v) is 5.12. The Labute approximate surface area is 90.9 Å². The van der Waals surface area contributed by atoms with E-state index in [1.165, 1.54) is 6.20 Å². The molecule has 2 N–H and O–H groups in total. The molecule has 0 bridgehead atoms. The van der Waals surface area contributed by atoms with Crippen LogP contribution in [0.3, 0.4) is 0 Å². The van der Waals surface area contributed by atoms with Crippen LogP contribution in [-0.2, 0) is 0 Å². The molecule has 0 atom stereocenters. The van der Waals surface area contributed by atoms with E-state index < -0.39 is 7.12 Å². The van der Waals surface area contributed by atoms with E-state index in [1.54, 1.807) is 12.1 Å². The van der Waals surface area contributed by atoms with E-state index in [0.717, 1.165) is 11.3 Å². The summed E-state index contributed by atoms with van der Waals surface area (Å²) in [6, 6.07) is 9.19. The SMILES string of the molecule is OB(O)c1cnc(Oc2ccccc2)s1. The fourth-order valence-electron chi connectivity index (χ4n) is 1.03. The number of nitrogens with zero attached hydrogens (tertiary/aromatic N) is 1. The number of para-hydroxylation sites is 1. The molecule has 0 unspecified atom stereocenters. The van der Waals surface area contributed by atoms with Crippen LogP contribution in [0.5, 0.6) is 10.9 Å². The first-order valence-electron chi connectivity index (χ1n) is 4.30. The van der Waals surface area contributed by atoms with Gasteiger partial charge in [0.25, 0.3) is 5.19 Å². The van der Waals surface area contributed by atoms with Crippen molar-refractivity contribution in [2.24, 2.45) is 0 Å². The number of benzene rings is 1. The molecule has 15 heavy (non-hydrogen) atoms. The van der Waals surface area contributed by atoms with E-state index in [4.69, 9.17) is 14.8 Å². The lowest BCUT2D eigenvalue weighted by Crippen LogP contribution is -2.26. The number of thiazole rings is 1. The van der Waals surface area contributed by atoms with Gasteiger partial charge >= 0.3 is 7.12 Å². The highest BCUT2D eigenvalue weighted by molar-refractivity contribution is 7.23. The summed E-state index contributed by atoms with van der Waals surface area (Å²) in [5, 5.41) is 18.1. The van der Waals surface area contributed by atoms with Gasteiger partial charge in [-0.3, -0.25) is 0 Å². The molecule has 1 aromatic carbocycles. The molecule has 6 heteroatoms. The average Bonchev–Trinajstić information content (AvgIpc) is 2.68. The molecule has 0 saturated heterocycles. The van der Waals surface area contributed by atoms with Gasteiger partial charge in [-0.1, -0.05) is 29.5 Å². The predicted octanol–water partition coefficient (Wildman–Crippen LogP) is 0.615. The van der Waals surface area contributed by atoms with Crippen LogP contribution in [0.15, 0.2) is 36.5 Å². The van der Waals surface area contributed by atoms with Crippen LogP contribution in [0.25, 0.3) is 0 Å². The molecule has 0 aliphatic carbocycles. The number of hydrogen-bond donors (Lipinski definition) is 2.